The molecule has 0 aliphatic carbocycles. The molecule has 2 aromatic carbocycles. The summed E-state index contributed by atoms with van der Waals surface area (Å²) in [5, 5.41) is 3.43. The Morgan fingerprint density at radius 1 is 1.14 bits per heavy atom. The molecule has 0 heterocycles. The third kappa shape index (κ3) is 3.67. The summed E-state index contributed by atoms with van der Waals surface area (Å²) in [6.07, 6.45) is 0. The van der Waals surface area contributed by atoms with Gasteiger partial charge >= 0.3 is 0 Å². The molecule has 2 rings (SSSR count). The van der Waals surface area contributed by atoms with Crippen LogP contribution in [0.25, 0.3) is 0 Å². The van der Waals surface area contributed by atoms with Crippen LogP contribution in [0.5, 0.6) is 0 Å². The summed E-state index contributed by atoms with van der Waals surface area (Å²) < 4.78 is 16.0. The number of benzene rings is 2. The van der Waals surface area contributed by atoms with E-state index in [1.54, 1.807) is 12.1 Å². The maximum atomic E-state index is 14.5. The van der Waals surface area contributed by atoms with E-state index in [4.69, 9.17) is 11.6 Å². The number of halogens is 4. The van der Waals surface area contributed by atoms with E-state index in [0.29, 0.717) is 10.0 Å². The molecule has 0 aromatic heterocycles. The Morgan fingerprint density at radius 2 is 1.81 bits per heavy atom. The maximum Gasteiger partial charge on any atom is 0.148 e. The van der Waals surface area contributed by atoms with Gasteiger partial charge in [-0.05, 0) is 52.7 Å². The molecule has 0 aliphatic heterocycles. The SMILES string of the molecule is CCNC(c1ccc(C)cc1Br)c1ccc(Br)c(Cl)c1F. The molecule has 1 nitrogen and oxygen atoms in total. The fourth-order valence-corrected chi connectivity index (χ4v) is 3.42. The molecule has 5 heteroatoms. The number of hydrogen-bond acceptors (Lipinski definition) is 1. The largest absolute Gasteiger partial charge is 0.306 e. The molecule has 0 bridgehead atoms. The van der Waals surface area contributed by atoms with Gasteiger partial charge in [0.2, 0.25) is 0 Å². The van der Waals surface area contributed by atoms with Crippen LogP contribution in [-0.2, 0) is 0 Å². The fourth-order valence-electron chi connectivity index (χ4n) is 2.22. The quantitative estimate of drug-likeness (QED) is 0.580. The van der Waals surface area contributed by atoms with E-state index in [9.17, 15) is 4.39 Å². The van der Waals surface area contributed by atoms with Gasteiger partial charge in [0.05, 0.1) is 11.1 Å². The van der Waals surface area contributed by atoms with Gasteiger partial charge in [0.15, 0.2) is 0 Å². The molecule has 0 saturated heterocycles. The molecular formula is C16H15Br2ClFN. The van der Waals surface area contributed by atoms with Crippen LogP contribution in [0.4, 0.5) is 4.39 Å². The van der Waals surface area contributed by atoms with Gasteiger partial charge in [0.25, 0.3) is 0 Å². The van der Waals surface area contributed by atoms with Crippen LogP contribution in [0.2, 0.25) is 5.02 Å². The lowest BCUT2D eigenvalue weighted by Crippen LogP contribution is -2.23. The van der Waals surface area contributed by atoms with Gasteiger partial charge in [-0.15, -0.1) is 0 Å². The molecule has 1 N–H and O–H groups in total. The molecule has 0 amide bonds. The Morgan fingerprint density at radius 3 is 2.43 bits per heavy atom. The van der Waals surface area contributed by atoms with E-state index >= 15 is 0 Å². The molecule has 0 spiro atoms. The summed E-state index contributed by atoms with van der Waals surface area (Å²) in [4.78, 5) is 0. The van der Waals surface area contributed by atoms with Crippen LogP contribution in [0.3, 0.4) is 0 Å². The average Bonchev–Trinajstić information content (AvgIpc) is 2.44. The van der Waals surface area contributed by atoms with Gasteiger partial charge in [0.1, 0.15) is 5.82 Å². The van der Waals surface area contributed by atoms with Crippen molar-refractivity contribution in [2.75, 3.05) is 6.54 Å². The monoisotopic (exact) mass is 433 g/mol. The number of aryl methyl sites for hydroxylation is 1. The Kier molecular flexibility index (Phi) is 5.83. The van der Waals surface area contributed by atoms with Gasteiger partial charge < -0.3 is 5.32 Å². The van der Waals surface area contributed by atoms with Crippen LogP contribution in [0.15, 0.2) is 39.3 Å². The number of hydrogen-bond donors (Lipinski definition) is 1. The van der Waals surface area contributed by atoms with E-state index in [-0.39, 0.29) is 11.1 Å². The van der Waals surface area contributed by atoms with Crippen LogP contribution in [0, 0.1) is 12.7 Å². The maximum absolute atomic E-state index is 14.5. The summed E-state index contributed by atoms with van der Waals surface area (Å²) >= 11 is 12.8. The first-order valence-corrected chi connectivity index (χ1v) is 8.55. The van der Waals surface area contributed by atoms with Gasteiger partial charge in [0, 0.05) is 14.5 Å². The fraction of sp³-hybridized carbons (Fsp3) is 0.250. The van der Waals surface area contributed by atoms with Crippen LogP contribution >= 0.6 is 43.5 Å². The minimum absolute atomic E-state index is 0.110. The molecule has 0 aliphatic rings. The Hall–Kier alpha value is -0.420. The van der Waals surface area contributed by atoms with E-state index < -0.39 is 5.82 Å². The van der Waals surface area contributed by atoms with Crippen molar-refractivity contribution in [2.24, 2.45) is 0 Å². The standard InChI is InChI=1S/C16H15Br2ClFN/c1-3-21-16(10-5-4-9(2)8-13(10)18)11-6-7-12(17)14(19)15(11)20/h4-8,16,21H,3H2,1-2H3. The smallest absolute Gasteiger partial charge is 0.148 e. The molecule has 21 heavy (non-hydrogen) atoms. The first-order chi connectivity index (χ1) is 9.95. The van der Waals surface area contributed by atoms with Crippen molar-refractivity contribution in [3.05, 3.63) is 66.8 Å². The van der Waals surface area contributed by atoms with Crippen LogP contribution in [0.1, 0.15) is 29.7 Å². The average molecular weight is 436 g/mol. The number of rotatable bonds is 4. The van der Waals surface area contributed by atoms with Crippen molar-refractivity contribution in [1.29, 1.82) is 0 Å². The first kappa shape index (κ1) is 16.9. The van der Waals surface area contributed by atoms with E-state index in [0.717, 1.165) is 22.1 Å². The minimum atomic E-state index is -0.399. The molecule has 1 atom stereocenters. The minimum Gasteiger partial charge on any atom is -0.306 e. The van der Waals surface area contributed by atoms with E-state index in [2.05, 4.69) is 37.2 Å². The number of nitrogens with one attached hydrogen (secondary N) is 1. The van der Waals surface area contributed by atoms with Crippen molar-refractivity contribution in [3.8, 4) is 0 Å². The molecule has 0 saturated carbocycles. The second kappa shape index (κ2) is 7.23. The predicted molar refractivity (Wildman–Crippen MR) is 93.5 cm³/mol. The highest BCUT2D eigenvalue weighted by molar-refractivity contribution is 9.10. The zero-order chi connectivity index (χ0) is 15.6. The van der Waals surface area contributed by atoms with Gasteiger partial charge in [-0.2, -0.15) is 0 Å². The highest BCUT2D eigenvalue weighted by Gasteiger charge is 2.21. The second-order valence-electron chi connectivity index (χ2n) is 4.78. The molecule has 0 fully saturated rings. The summed E-state index contributed by atoms with van der Waals surface area (Å²) in [7, 11) is 0. The second-order valence-corrected chi connectivity index (χ2v) is 6.87. The van der Waals surface area contributed by atoms with Crippen LogP contribution in [-0.4, -0.2) is 6.54 Å². The zero-order valence-electron chi connectivity index (χ0n) is 11.7. The van der Waals surface area contributed by atoms with Crippen molar-refractivity contribution in [2.45, 2.75) is 19.9 Å². The third-order valence-corrected chi connectivity index (χ3v) is 5.20. The predicted octanol–water partition coefficient (Wildman–Crippen LogP) is 6.01. The van der Waals surface area contributed by atoms with Gasteiger partial charge in [-0.1, -0.05) is 52.7 Å². The van der Waals surface area contributed by atoms with Crippen LogP contribution < -0.4 is 5.32 Å². The van der Waals surface area contributed by atoms with Crippen molar-refractivity contribution < 1.29 is 4.39 Å². The van der Waals surface area contributed by atoms with E-state index in [1.807, 2.05) is 32.0 Å². The molecular weight excluding hydrogens is 420 g/mol. The lowest BCUT2D eigenvalue weighted by Gasteiger charge is -2.22. The lowest BCUT2D eigenvalue weighted by atomic mass is 9.97. The highest BCUT2D eigenvalue weighted by Crippen LogP contribution is 2.35. The molecule has 1 unspecified atom stereocenters. The molecule has 0 radical (unpaired) electrons. The Labute approximate surface area is 146 Å². The van der Waals surface area contributed by atoms with E-state index in [1.165, 1.54) is 0 Å². The first-order valence-electron chi connectivity index (χ1n) is 6.58. The normalized spacial score (nSPS) is 12.5. The summed E-state index contributed by atoms with van der Waals surface area (Å²) in [6, 6.07) is 9.32. The molecule has 112 valence electrons. The third-order valence-electron chi connectivity index (χ3n) is 3.25. The highest BCUT2D eigenvalue weighted by atomic mass is 79.9. The Bertz CT molecular complexity index is 661. The van der Waals surface area contributed by atoms with Gasteiger partial charge in [-0.25, -0.2) is 4.39 Å². The van der Waals surface area contributed by atoms with Gasteiger partial charge in [-0.3, -0.25) is 0 Å². The Balaban J connectivity index is 2.56. The van der Waals surface area contributed by atoms with Crippen molar-refractivity contribution in [1.82, 2.24) is 5.32 Å². The summed E-state index contributed by atoms with van der Waals surface area (Å²) in [6.45, 7) is 4.74. The molecule has 2 aromatic rings. The summed E-state index contributed by atoms with van der Waals surface area (Å²) in [5.74, 6) is -0.399. The lowest BCUT2D eigenvalue weighted by molar-refractivity contribution is 0.558. The van der Waals surface area contributed by atoms with Crippen molar-refractivity contribution in [3.63, 3.8) is 0 Å². The van der Waals surface area contributed by atoms with Crippen molar-refractivity contribution >= 4 is 43.5 Å². The topological polar surface area (TPSA) is 12.0 Å². The summed E-state index contributed by atoms with van der Waals surface area (Å²) in [5.41, 5.74) is 2.67. The zero-order valence-corrected chi connectivity index (χ0v) is 15.6.